The Kier molecular flexibility index (Phi) is 4.91. The van der Waals surface area contributed by atoms with Crippen LogP contribution in [0.15, 0.2) is 10.9 Å². The van der Waals surface area contributed by atoms with E-state index in [2.05, 4.69) is 22.2 Å². The number of H-pyrrole nitrogens is 1. The molecule has 0 bridgehead atoms. The highest BCUT2D eigenvalue weighted by Gasteiger charge is 2.27. The van der Waals surface area contributed by atoms with Gasteiger partial charge in [-0.1, -0.05) is 27.2 Å². The molecular weight excluding hydrogens is 258 g/mol. The Labute approximate surface area is 118 Å². The van der Waals surface area contributed by atoms with Gasteiger partial charge in [0.05, 0.1) is 0 Å². The molecule has 0 aliphatic heterocycles. The van der Waals surface area contributed by atoms with Crippen molar-refractivity contribution in [3.05, 3.63) is 22.2 Å². The molecular formula is C14H23N3OS. The highest BCUT2D eigenvalue weighted by molar-refractivity contribution is 7.99. The van der Waals surface area contributed by atoms with Gasteiger partial charge >= 0.3 is 0 Å². The van der Waals surface area contributed by atoms with Gasteiger partial charge in [0.1, 0.15) is 11.6 Å². The lowest BCUT2D eigenvalue weighted by Crippen LogP contribution is -2.28. The third-order valence-electron chi connectivity index (χ3n) is 3.47. The minimum Gasteiger partial charge on any atom is -0.366 e. The molecule has 1 saturated carbocycles. The smallest absolute Gasteiger partial charge is 0.252 e. The van der Waals surface area contributed by atoms with Crippen LogP contribution in [-0.4, -0.2) is 27.0 Å². The summed E-state index contributed by atoms with van der Waals surface area (Å²) in [7, 11) is 0. The summed E-state index contributed by atoms with van der Waals surface area (Å²) in [4.78, 5) is 19.0. The molecule has 2 atom stereocenters. The summed E-state index contributed by atoms with van der Waals surface area (Å²) >= 11 is 2.00. The molecule has 0 spiro atoms. The second-order valence-corrected chi connectivity index (χ2v) is 6.86. The summed E-state index contributed by atoms with van der Waals surface area (Å²) in [6.07, 6.45) is 3.69. The number of anilines is 1. The van der Waals surface area contributed by atoms with Crippen molar-refractivity contribution in [1.82, 2.24) is 9.97 Å². The summed E-state index contributed by atoms with van der Waals surface area (Å²) < 4.78 is 0. The van der Waals surface area contributed by atoms with Crippen LogP contribution in [0.4, 0.5) is 5.82 Å². The molecule has 1 aliphatic carbocycles. The van der Waals surface area contributed by atoms with Crippen molar-refractivity contribution >= 4 is 17.6 Å². The van der Waals surface area contributed by atoms with Crippen LogP contribution in [0.1, 0.15) is 51.8 Å². The first-order valence-electron chi connectivity index (χ1n) is 7.09. The Hall–Kier alpha value is -0.970. The molecule has 1 aromatic heterocycles. The fourth-order valence-corrected chi connectivity index (χ4v) is 3.72. The van der Waals surface area contributed by atoms with Crippen LogP contribution in [0.5, 0.6) is 0 Å². The van der Waals surface area contributed by atoms with E-state index in [0.717, 1.165) is 17.4 Å². The van der Waals surface area contributed by atoms with Crippen molar-refractivity contribution in [2.75, 3.05) is 11.1 Å². The Morgan fingerprint density at radius 1 is 1.53 bits per heavy atom. The predicted molar refractivity (Wildman–Crippen MR) is 82.1 cm³/mol. The van der Waals surface area contributed by atoms with E-state index in [1.165, 1.54) is 19.3 Å². The van der Waals surface area contributed by atoms with Crippen molar-refractivity contribution in [3.8, 4) is 0 Å². The second-order valence-electron chi connectivity index (χ2n) is 5.35. The minimum atomic E-state index is -0.0705. The molecule has 0 aromatic carbocycles. The Balaban J connectivity index is 2.12. The van der Waals surface area contributed by atoms with E-state index in [-0.39, 0.29) is 11.5 Å². The fourth-order valence-electron chi connectivity index (χ4n) is 2.52. The van der Waals surface area contributed by atoms with Crippen LogP contribution in [0, 0.1) is 0 Å². The van der Waals surface area contributed by atoms with E-state index in [9.17, 15) is 4.79 Å². The van der Waals surface area contributed by atoms with Gasteiger partial charge in [0.15, 0.2) is 0 Å². The van der Waals surface area contributed by atoms with E-state index >= 15 is 0 Å². The number of hydrogen-bond acceptors (Lipinski definition) is 4. The van der Waals surface area contributed by atoms with E-state index in [1.807, 2.05) is 25.6 Å². The number of rotatable bonds is 5. The Morgan fingerprint density at radius 2 is 2.32 bits per heavy atom. The van der Waals surface area contributed by atoms with Crippen LogP contribution >= 0.6 is 11.8 Å². The molecule has 5 heteroatoms. The standard InChI is InChI=1S/C14H23N3OS/c1-4-19-11-7-5-6-10(11)15-12-8-13(18)17-14(16-12)9(2)3/h8-11H,4-7H2,1-3H3,(H2,15,16,17,18). The van der Waals surface area contributed by atoms with Crippen molar-refractivity contribution in [3.63, 3.8) is 0 Å². The summed E-state index contributed by atoms with van der Waals surface area (Å²) in [6.45, 7) is 6.27. The average Bonchev–Trinajstić information content (AvgIpc) is 2.76. The number of nitrogens with one attached hydrogen (secondary N) is 2. The molecule has 2 unspecified atom stereocenters. The molecule has 0 amide bonds. The Morgan fingerprint density at radius 3 is 3.00 bits per heavy atom. The third-order valence-corrected chi connectivity index (χ3v) is 4.80. The summed E-state index contributed by atoms with van der Waals surface area (Å²) in [5.41, 5.74) is -0.0705. The molecule has 1 aliphatic rings. The lowest BCUT2D eigenvalue weighted by Gasteiger charge is -2.21. The van der Waals surface area contributed by atoms with Crippen molar-refractivity contribution in [1.29, 1.82) is 0 Å². The zero-order chi connectivity index (χ0) is 13.8. The van der Waals surface area contributed by atoms with Gasteiger partial charge in [0, 0.05) is 23.3 Å². The average molecular weight is 281 g/mol. The molecule has 2 N–H and O–H groups in total. The fraction of sp³-hybridized carbons (Fsp3) is 0.714. The maximum atomic E-state index is 11.7. The third kappa shape index (κ3) is 3.75. The van der Waals surface area contributed by atoms with Crippen LogP contribution < -0.4 is 10.9 Å². The molecule has 1 heterocycles. The molecule has 0 radical (unpaired) electrons. The maximum absolute atomic E-state index is 11.7. The zero-order valence-electron chi connectivity index (χ0n) is 11.9. The molecule has 4 nitrogen and oxygen atoms in total. The summed E-state index contributed by atoms with van der Waals surface area (Å²) in [5.74, 6) is 2.86. The van der Waals surface area contributed by atoms with E-state index in [0.29, 0.717) is 11.3 Å². The number of hydrogen-bond donors (Lipinski definition) is 2. The van der Waals surface area contributed by atoms with E-state index in [4.69, 9.17) is 0 Å². The molecule has 2 rings (SSSR count). The largest absolute Gasteiger partial charge is 0.366 e. The molecule has 1 fully saturated rings. The zero-order valence-corrected chi connectivity index (χ0v) is 12.7. The predicted octanol–water partition coefficient (Wildman–Crippen LogP) is 2.98. The summed E-state index contributed by atoms with van der Waals surface area (Å²) in [5, 5.41) is 4.11. The van der Waals surface area contributed by atoms with Crippen molar-refractivity contribution < 1.29 is 0 Å². The number of aromatic nitrogens is 2. The normalized spacial score (nSPS) is 22.9. The maximum Gasteiger partial charge on any atom is 0.252 e. The summed E-state index contributed by atoms with van der Waals surface area (Å²) in [6, 6.07) is 2.01. The Bertz CT molecular complexity index is 472. The van der Waals surface area contributed by atoms with Crippen molar-refractivity contribution in [2.24, 2.45) is 0 Å². The lowest BCUT2D eigenvalue weighted by atomic mass is 10.2. The second kappa shape index (κ2) is 6.46. The van der Waals surface area contributed by atoms with Crippen LogP contribution in [0.25, 0.3) is 0 Å². The van der Waals surface area contributed by atoms with Gasteiger partial charge in [-0.2, -0.15) is 11.8 Å². The van der Waals surface area contributed by atoms with Gasteiger partial charge < -0.3 is 10.3 Å². The SMILES string of the molecule is CCSC1CCCC1Nc1cc(=O)[nH]c(C(C)C)n1. The monoisotopic (exact) mass is 281 g/mol. The van der Waals surface area contributed by atoms with E-state index < -0.39 is 0 Å². The lowest BCUT2D eigenvalue weighted by molar-refractivity contribution is 0.738. The van der Waals surface area contributed by atoms with E-state index in [1.54, 1.807) is 6.07 Å². The van der Waals surface area contributed by atoms with Gasteiger partial charge in [0.2, 0.25) is 0 Å². The first kappa shape index (κ1) is 14.4. The minimum absolute atomic E-state index is 0.0705. The first-order chi connectivity index (χ1) is 9.10. The van der Waals surface area contributed by atoms with Crippen LogP contribution in [-0.2, 0) is 0 Å². The topological polar surface area (TPSA) is 57.8 Å². The number of nitrogens with zero attached hydrogens (tertiary/aromatic N) is 1. The number of aromatic amines is 1. The quantitative estimate of drug-likeness (QED) is 0.871. The molecule has 106 valence electrons. The number of thioether (sulfide) groups is 1. The highest BCUT2D eigenvalue weighted by Crippen LogP contribution is 2.31. The molecule has 1 aromatic rings. The highest BCUT2D eigenvalue weighted by atomic mass is 32.2. The van der Waals surface area contributed by atoms with Crippen LogP contribution in [0.2, 0.25) is 0 Å². The van der Waals surface area contributed by atoms with Gasteiger partial charge in [-0.25, -0.2) is 4.98 Å². The first-order valence-corrected chi connectivity index (χ1v) is 8.14. The van der Waals surface area contributed by atoms with Gasteiger partial charge in [-0.3, -0.25) is 4.79 Å². The van der Waals surface area contributed by atoms with Crippen LogP contribution in [0.3, 0.4) is 0 Å². The van der Waals surface area contributed by atoms with Gasteiger partial charge in [-0.05, 0) is 18.6 Å². The van der Waals surface area contributed by atoms with Gasteiger partial charge in [-0.15, -0.1) is 0 Å². The molecule has 19 heavy (non-hydrogen) atoms. The van der Waals surface area contributed by atoms with Gasteiger partial charge in [0.25, 0.3) is 5.56 Å². The molecule has 0 saturated heterocycles. The van der Waals surface area contributed by atoms with Crippen molar-refractivity contribution in [2.45, 2.75) is 57.2 Å².